The molecule has 1 heterocycles. The summed E-state index contributed by atoms with van der Waals surface area (Å²) >= 11 is 0. The molecule has 0 aromatic carbocycles. The van der Waals surface area contributed by atoms with E-state index in [9.17, 15) is 0 Å². The van der Waals surface area contributed by atoms with Crippen molar-refractivity contribution in [2.75, 3.05) is 13.6 Å². The Kier molecular flexibility index (Phi) is 8.69. The van der Waals surface area contributed by atoms with Gasteiger partial charge in [-0.2, -0.15) is 4.98 Å². The first-order valence-corrected chi connectivity index (χ1v) is 5.85. The summed E-state index contributed by atoms with van der Waals surface area (Å²) in [6.07, 6.45) is 1.11. The molecule has 18 heavy (non-hydrogen) atoms. The zero-order valence-corrected chi connectivity index (χ0v) is 13.7. The number of hydrogen-bond donors (Lipinski definition) is 2. The molecule has 0 saturated heterocycles. The number of halogens is 1. The third kappa shape index (κ3) is 6.77. The SMILES string of the molecule is CN=C(NCCC(C)C)NCc1noc(C)n1.I. The molecule has 0 aliphatic carbocycles. The highest BCUT2D eigenvalue weighted by Gasteiger charge is 2.03. The summed E-state index contributed by atoms with van der Waals surface area (Å²) < 4.78 is 4.88. The molecule has 0 spiro atoms. The average molecular weight is 367 g/mol. The molecular formula is C11H22IN5O. The first-order valence-electron chi connectivity index (χ1n) is 5.85. The van der Waals surface area contributed by atoms with E-state index >= 15 is 0 Å². The van der Waals surface area contributed by atoms with E-state index in [4.69, 9.17) is 4.52 Å². The van der Waals surface area contributed by atoms with Gasteiger partial charge in [0.1, 0.15) is 0 Å². The molecule has 0 aliphatic heterocycles. The van der Waals surface area contributed by atoms with Gasteiger partial charge in [0.15, 0.2) is 11.8 Å². The van der Waals surface area contributed by atoms with Gasteiger partial charge < -0.3 is 15.2 Å². The van der Waals surface area contributed by atoms with Gasteiger partial charge in [0, 0.05) is 20.5 Å². The number of nitrogens with zero attached hydrogens (tertiary/aromatic N) is 3. The van der Waals surface area contributed by atoms with Gasteiger partial charge in [-0.1, -0.05) is 19.0 Å². The summed E-state index contributed by atoms with van der Waals surface area (Å²) in [7, 11) is 1.74. The molecular weight excluding hydrogens is 345 g/mol. The van der Waals surface area contributed by atoms with Gasteiger partial charge in [-0.3, -0.25) is 4.99 Å². The van der Waals surface area contributed by atoms with Gasteiger partial charge in [-0.25, -0.2) is 0 Å². The fraction of sp³-hybridized carbons (Fsp3) is 0.727. The van der Waals surface area contributed by atoms with Gasteiger partial charge >= 0.3 is 0 Å². The quantitative estimate of drug-likeness (QED) is 0.471. The normalized spacial score (nSPS) is 11.3. The van der Waals surface area contributed by atoms with Crippen LogP contribution >= 0.6 is 24.0 Å². The van der Waals surface area contributed by atoms with E-state index < -0.39 is 0 Å². The number of hydrogen-bond acceptors (Lipinski definition) is 4. The molecule has 0 unspecified atom stereocenters. The molecule has 0 atom stereocenters. The molecule has 1 aromatic rings. The van der Waals surface area contributed by atoms with Crippen LogP contribution in [0.15, 0.2) is 9.52 Å². The number of rotatable bonds is 5. The van der Waals surface area contributed by atoms with Crippen LogP contribution in [0.3, 0.4) is 0 Å². The topological polar surface area (TPSA) is 75.3 Å². The van der Waals surface area contributed by atoms with E-state index in [2.05, 4.69) is 39.6 Å². The van der Waals surface area contributed by atoms with Gasteiger partial charge in [-0.05, 0) is 12.3 Å². The fourth-order valence-electron chi connectivity index (χ4n) is 1.28. The summed E-state index contributed by atoms with van der Waals surface area (Å²) in [5.41, 5.74) is 0. The molecule has 0 radical (unpaired) electrons. The van der Waals surface area contributed by atoms with Gasteiger partial charge in [0.25, 0.3) is 0 Å². The number of aliphatic imine (C=N–C) groups is 1. The highest BCUT2D eigenvalue weighted by atomic mass is 127. The second kappa shape index (κ2) is 9.12. The van der Waals surface area contributed by atoms with E-state index in [0.717, 1.165) is 18.9 Å². The number of aryl methyl sites for hydroxylation is 1. The molecule has 0 aliphatic rings. The highest BCUT2D eigenvalue weighted by Crippen LogP contribution is 1.96. The Morgan fingerprint density at radius 3 is 2.61 bits per heavy atom. The zero-order valence-electron chi connectivity index (χ0n) is 11.4. The summed E-state index contributed by atoms with van der Waals surface area (Å²) in [6, 6.07) is 0. The van der Waals surface area contributed by atoms with Crippen LogP contribution in [0.2, 0.25) is 0 Å². The van der Waals surface area contributed by atoms with Crippen molar-refractivity contribution in [3.05, 3.63) is 11.7 Å². The first-order chi connectivity index (χ1) is 8.11. The van der Waals surface area contributed by atoms with Gasteiger partial charge in [0.2, 0.25) is 5.89 Å². The molecule has 7 heteroatoms. The summed E-state index contributed by atoms with van der Waals surface area (Å²) in [6.45, 7) is 7.58. The Balaban J connectivity index is 0.00000289. The second-order valence-corrected chi connectivity index (χ2v) is 4.26. The Bertz CT molecular complexity index is 364. The number of nitrogens with one attached hydrogen (secondary N) is 2. The lowest BCUT2D eigenvalue weighted by Gasteiger charge is -2.11. The fourth-order valence-corrected chi connectivity index (χ4v) is 1.28. The van der Waals surface area contributed by atoms with Crippen molar-refractivity contribution in [3.63, 3.8) is 0 Å². The average Bonchev–Trinajstić information content (AvgIpc) is 2.69. The lowest BCUT2D eigenvalue weighted by Crippen LogP contribution is -2.37. The predicted octanol–water partition coefficient (Wildman–Crippen LogP) is 1.71. The maximum atomic E-state index is 4.88. The summed E-state index contributed by atoms with van der Waals surface area (Å²) in [5.74, 6) is 2.65. The van der Waals surface area contributed by atoms with E-state index in [1.807, 2.05) is 0 Å². The molecule has 6 nitrogen and oxygen atoms in total. The van der Waals surface area contributed by atoms with Crippen molar-refractivity contribution < 1.29 is 4.52 Å². The summed E-state index contributed by atoms with van der Waals surface area (Å²) in [4.78, 5) is 8.22. The second-order valence-electron chi connectivity index (χ2n) is 4.26. The van der Waals surface area contributed by atoms with Crippen molar-refractivity contribution in [1.29, 1.82) is 0 Å². The van der Waals surface area contributed by atoms with Crippen molar-refractivity contribution in [2.45, 2.75) is 33.7 Å². The highest BCUT2D eigenvalue weighted by molar-refractivity contribution is 14.0. The van der Waals surface area contributed by atoms with Crippen molar-refractivity contribution in [1.82, 2.24) is 20.8 Å². The molecule has 104 valence electrons. The Hall–Kier alpha value is -0.860. The standard InChI is InChI=1S/C11H21N5O.HI/c1-8(2)5-6-13-11(12-4)14-7-10-15-9(3)17-16-10;/h8H,5-7H2,1-4H3,(H2,12,13,14);1H. The molecule has 1 rings (SSSR count). The zero-order chi connectivity index (χ0) is 12.7. The minimum atomic E-state index is 0. The maximum absolute atomic E-state index is 4.88. The minimum Gasteiger partial charge on any atom is -0.356 e. The van der Waals surface area contributed by atoms with Crippen LogP contribution in [0.1, 0.15) is 32.0 Å². The van der Waals surface area contributed by atoms with Crippen LogP contribution < -0.4 is 10.6 Å². The lowest BCUT2D eigenvalue weighted by atomic mass is 10.1. The molecule has 0 saturated carbocycles. The van der Waals surface area contributed by atoms with Crippen LogP contribution in [0.4, 0.5) is 0 Å². The monoisotopic (exact) mass is 367 g/mol. The molecule has 2 N–H and O–H groups in total. The largest absolute Gasteiger partial charge is 0.356 e. The van der Waals surface area contributed by atoms with Crippen molar-refractivity contribution in [3.8, 4) is 0 Å². The number of aromatic nitrogens is 2. The Morgan fingerprint density at radius 2 is 2.11 bits per heavy atom. The molecule has 0 bridgehead atoms. The Labute approximate surface area is 125 Å². The Morgan fingerprint density at radius 1 is 1.39 bits per heavy atom. The predicted molar refractivity (Wildman–Crippen MR) is 82.1 cm³/mol. The van der Waals surface area contributed by atoms with Crippen molar-refractivity contribution in [2.24, 2.45) is 10.9 Å². The third-order valence-corrected chi connectivity index (χ3v) is 2.22. The van der Waals surface area contributed by atoms with E-state index in [-0.39, 0.29) is 24.0 Å². The number of guanidine groups is 1. The third-order valence-electron chi connectivity index (χ3n) is 2.22. The van der Waals surface area contributed by atoms with Crippen LogP contribution in [-0.2, 0) is 6.54 Å². The molecule has 0 fully saturated rings. The van der Waals surface area contributed by atoms with E-state index in [0.29, 0.717) is 24.2 Å². The van der Waals surface area contributed by atoms with Gasteiger partial charge in [-0.15, -0.1) is 24.0 Å². The van der Waals surface area contributed by atoms with Crippen molar-refractivity contribution >= 4 is 29.9 Å². The smallest absolute Gasteiger partial charge is 0.223 e. The maximum Gasteiger partial charge on any atom is 0.223 e. The van der Waals surface area contributed by atoms with E-state index in [1.54, 1.807) is 14.0 Å². The van der Waals surface area contributed by atoms with Crippen LogP contribution in [0, 0.1) is 12.8 Å². The lowest BCUT2D eigenvalue weighted by molar-refractivity contribution is 0.386. The molecule has 0 amide bonds. The first kappa shape index (κ1) is 17.1. The minimum absolute atomic E-state index is 0. The van der Waals surface area contributed by atoms with Crippen LogP contribution in [-0.4, -0.2) is 29.7 Å². The summed E-state index contributed by atoms with van der Waals surface area (Å²) in [5, 5.41) is 10.2. The van der Waals surface area contributed by atoms with E-state index in [1.165, 1.54) is 0 Å². The van der Waals surface area contributed by atoms with Gasteiger partial charge in [0.05, 0.1) is 6.54 Å². The van der Waals surface area contributed by atoms with Crippen LogP contribution in [0.25, 0.3) is 0 Å². The molecule has 1 aromatic heterocycles. The van der Waals surface area contributed by atoms with Crippen LogP contribution in [0.5, 0.6) is 0 Å².